The summed E-state index contributed by atoms with van der Waals surface area (Å²) in [5, 5.41) is 11.4. The number of amides is 1. The fourth-order valence-electron chi connectivity index (χ4n) is 1.87. The highest BCUT2D eigenvalue weighted by atomic mass is 79.9. The molecule has 22 heavy (non-hydrogen) atoms. The molecule has 0 aliphatic carbocycles. The molecule has 1 atom stereocenters. The lowest BCUT2D eigenvalue weighted by Gasteiger charge is -2.14. The standard InChI is InChI=1S/C15H20BrNO5/c1-4-22-14-11(16)6-10(7-12(14)21-3)15(20)17-8-9(2)5-13(18)19/h6-7,9H,4-5,8H2,1-3H3,(H,17,20)(H,18,19). The number of carboxylic acid groups (broad SMARTS) is 1. The van der Waals surface area contributed by atoms with Gasteiger partial charge >= 0.3 is 5.97 Å². The lowest BCUT2D eigenvalue weighted by atomic mass is 10.1. The Morgan fingerprint density at radius 2 is 2.09 bits per heavy atom. The maximum Gasteiger partial charge on any atom is 0.303 e. The van der Waals surface area contributed by atoms with Crippen LogP contribution in [0.5, 0.6) is 11.5 Å². The molecule has 0 fully saturated rings. The number of benzene rings is 1. The molecule has 1 unspecified atom stereocenters. The van der Waals surface area contributed by atoms with Crippen molar-refractivity contribution in [1.82, 2.24) is 5.32 Å². The van der Waals surface area contributed by atoms with E-state index in [-0.39, 0.29) is 24.8 Å². The summed E-state index contributed by atoms with van der Waals surface area (Å²) < 4.78 is 11.3. The van der Waals surface area contributed by atoms with Crippen LogP contribution in [0.3, 0.4) is 0 Å². The van der Waals surface area contributed by atoms with E-state index in [2.05, 4.69) is 21.2 Å². The minimum Gasteiger partial charge on any atom is -0.493 e. The molecule has 0 heterocycles. The van der Waals surface area contributed by atoms with Crippen LogP contribution in [0.1, 0.15) is 30.6 Å². The number of carboxylic acids is 1. The second kappa shape index (κ2) is 8.63. The average molecular weight is 374 g/mol. The third-order valence-electron chi connectivity index (χ3n) is 2.91. The summed E-state index contributed by atoms with van der Waals surface area (Å²) in [7, 11) is 1.50. The van der Waals surface area contributed by atoms with E-state index in [1.54, 1.807) is 19.1 Å². The summed E-state index contributed by atoms with van der Waals surface area (Å²) in [5.74, 6) is -0.318. The van der Waals surface area contributed by atoms with E-state index < -0.39 is 5.97 Å². The van der Waals surface area contributed by atoms with Gasteiger partial charge < -0.3 is 19.9 Å². The van der Waals surface area contributed by atoms with Gasteiger partial charge in [0.05, 0.1) is 18.2 Å². The quantitative estimate of drug-likeness (QED) is 0.731. The van der Waals surface area contributed by atoms with Crippen LogP contribution < -0.4 is 14.8 Å². The summed E-state index contributed by atoms with van der Waals surface area (Å²) in [6, 6.07) is 3.23. The fourth-order valence-corrected chi connectivity index (χ4v) is 2.43. The van der Waals surface area contributed by atoms with Gasteiger partial charge in [-0.15, -0.1) is 0 Å². The van der Waals surface area contributed by atoms with Gasteiger partial charge in [0.25, 0.3) is 5.91 Å². The van der Waals surface area contributed by atoms with E-state index in [0.29, 0.717) is 28.1 Å². The monoisotopic (exact) mass is 373 g/mol. The van der Waals surface area contributed by atoms with Crippen molar-refractivity contribution >= 4 is 27.8 Å². The van der Waals surface area contributed by atoms with Crippen LogP contribution in [0, 0.1) is 5.92 Å². The van der Waals surface area contributed by atoms with E-state index in [0.717, 1.165) is 0 Å². The van der Waals surface area contributed by atoms with Gasteiger partial charge in [0.2, 0.25) is 0 Å². The number of carbonyl (C=O) groups is 2. The first-order valence-electron chi connectivity index (χ1n) is 6.89. The molecule has 1 aromatic carbocycles. The van der Waals surface area contributed by atoms with Crippen molar-refractivity contribution in [2.24, 2.45) is 5.92 Å². The number of hydrogen-bond acceptors (Lipinski definition) is 4. The average Bonchev–Trinajstić information content (AvgIpc) is 2.46. The van der Waals surface area contributed by atoms with Crippen LogP contribution in [0.25, 0.3) is 0 Å². The molecule has 0 saturated heterocycles. The molecule has 7 heteroatoms. The third-order valence-corrected chi connectivity index (χ3v) is 3.50. The number of halogens is 1. The van der Waals surface area contributed by atoms with E-state index in [1.165, 1.54) is 7.11 Å². The van der Waals surface area contributed by atoms with Crippen molar-refractivity contribution in [3.8, 4) is 11.5 Å². The highest BCUT2D eigenvalue weighted by molar-refractivity contribution is 9.10. The zero-order valence-electron chi connectivity index (χ0n) is 12.8. The maximum atomic E-state index is 12.1. The van der Waals surface area contributed by atoms with Gasteiger partial charge in [-0.05, 0) is 40.9 Å². The molecule has 6 nitrogen and oxygen atoms in total. The van der Waals surface area contributed by atoms with Gasteiger partial charge in [-0.3, -0.25) is 9.59 Å². The lowest BCUT2D eigenvalue weighted by Crippen LogP contribution is -2.29. The Morgan fingerprint density at radius 3 is 2.64 bits per heavy atom. The Bertz CT molecular complexity index is 547. The number of carbonyl (C=O) groups excluding carboxylic acids is 1. The number of rotatable bonds is 8. The van der Waals surface area contributed by atoms with Crippen molar-refractivity contribution in [3.05, 3.63) is 22.2 Å². The zero-order valence-corrected chi connectivity index (χ0v) is 14.4. The van der Waals surface area contributed by atoms with Crippen molar-refractivity contribution in [1.29, 1.82) is 0 Å². The Hall–Kier alpha value is -1.76. The van der Waals surface area contributed by atoms with Gasteiger partial charge in [-0.25, -0.2) is 0 Å². The predicted molar refractivity (Wildman–Crippen MR) is 85.6 cm³/mol. The van der Waals surface area contributed by atoms with E-state index in [1.807, 2.05) is 6.92 Å². The van der Waals surface area contributed by atoms with Crippen LogP contribution in [0.4, 0.5) is 0 Å². The molecule has 0 aliphatic rings. The second-order valence-electron chi connectivity index (χ2n) is 4.84. The summed E-state index contributed by atoms with van der Waals surface area (Å²) in [4.78, 5) is 22.8. The Kier molecular flexibility index (Phi) is 7.17. The first-order valence-corrected chi connectivity index (χ1v) is 7.68. The van der Waals surface area contributed by atoms with Crippen LogP contribution in [-0.4, -0.2) is 37.2 Å². The molecule has 0 bridgehead atoms. The molecule has 0 aliphatic heterocycles. The van der Waals surface area contributed by atoms with Gasteiger partial charge in [0.15, 0.2) is 11.5 Å². The molecule has 2 N–H and O–H groups in total. The summed E-state index contributed by atoms with van der Waals surface area (Å²) in [6.07, 6.45) is 0.0105. The molecular weight excluding hydrogens is 354 g/mol. The fraction of sp³-hybridized carbons (Fsp3) is 0.467. The molecule has 0 saturated carbocycles. The molecule has 1 rings (SSSR count). The molecule has 0 radical (unpaired) electrons. The lowest BCUT2D eigenvalue weighted by molar-refractivity contribution is -0.137. The van der Waals surface area contributed by atoms with Gasteiger partial charge in [0.1, 0.15) is 0 Å². The van der Waals surface area contributed by atoms with E-state index in [4.69, 9.17) is 14.6 Å². The van der Waals surface area contributed by atoms with Crippen LogP contribution >= 0.6 is 15.9 Å². The SMILES string of the molecule is CCOc1c(Br)cc(C(=O)NCC(C)CC(=O)O)cc1OC. The normalized spacial score (nSPS) is 11.6. The Labute approximate surface area is 137 Å². The van der Waals surface area contributed by atoms with Crippen LogP contribution in [0.15, 0.2) is 16.6 Å². The zero-order chi connectivity index (χ0) is 16.7. The number of hydrogen-bond donors (Lipinski definition) is 2. The summed E-state index contributed by atoms with van der Waals surface area (Å²) >= 11 is 3.36. The first kappa shape index (κ1) is 18.3. The smallest absolute Gasteiger partial charge is 0.303 e. The topological polar surface area (TPSA) is 84.9 Å². The van der Waals surface area contributed by atoms with Gasteiger partial charge in [-0.2, -0.15) is 0 Å². The van der Waals surface area contributed by atoms with Crippen LogP contribution in [-0.2, 0) is 4.79 Å². The van der Waals surface area contributed by atoms with Gasteiger partial charge in [0, 0.05) is 18.5 Å². The van der Waals surface area contributed by atoms with Crippen molar-refractivity contribution in [2.75, 3.05) is 20.3 Å². The minimum atomic E-state index is -0.882. The summed E-state index contributed by atoms with van der Waals surface area (Å²) in [5.41, 5.74) is 0.412. The van der Waals surface area contributed by atoms with Crippen molar-refractivity contribution < 1.29 is 24.2 Å². The Morgan fingerprint density at radius 1 is 1.41 bits per heavy atom. The molecule has 0 aromatic heterocycles. The number of nitrogens with one attached hydrogen (secondary N) is 1. The van der Waals surface area contributed by atoms with E-state index >= 15 is 0 Å². The highest BCUT2D eigenvalue weighted by Crippen LogP contribution is 2.36. The molecule has 0 spiro atoms. The maximum absolute atomic E-state index is 12.1. The molecular formula is C15H20BrNO5. The minimum absolute atomic E-state index is 0.0105. The molecule has 1 aromatic rings. The van der Waals surface area contributed by atoms with Crippen molar-refractivity contribution in [2.45, 2.75) is 20.3 Å². The van der Waals surface area contributed by atoms with E-state index in [9.17, 15) is 9.59 Å². The third kappa shape index (κ3) is 5.22. The molecule has 1 amide bonds. The van der Waals surface area contributed by atoms with Crippen molar-refractivity contribution in [3.63, 3.8) is 0 Å². The first-order chi connectivity index (χ1) is 10.4. The van der Waals surface area contributed by atoms with Gasteiger partial charge in [-0.1, -0.05) is 6.92 Å². The predicted octanol–water partition coefficient (Wildman–Crippen LogP) is 2.70. The number of ether oxygens (including phenoxy) is 2. The largest absolute Gasteiger partial charge is 0.493 e. The summed E-state index contributed by atoms with van der Waals surface area (Å²) in [6.45, 7) is 4.39. The number of aliphatic carboxylic acids is 1. The van der Waals surface area contributed by atoms with Crippen LogP contribution in [0.2, 0.25) is 0 Å². The second-order valence-corrected chi connectivity index (χ2v) is 5.69. The Balaban J connectivity index is 2.81. The highest BCUT2D eigenvalue weighted by Gasteiger charge is 2.16. The number of methoxy groups -OCH3 is 1. The molecule has 122 valence electrons.